The molecule has 0 spiro atoms. The molecule has 1 aromatic carbocycles. The zero-order chi connectivity index (χ0) is 19.9. The predicted molar refractivity (Wildman–Crippen MR) is 107 cm³/mol. The van der Waals surface area contributed by atoms with Gasteiger partial charge in [-0.3, -0.25) is 14.2 Å². The molecule has 0 radical (unpaired) electrons. The number of carbonyl (C=O) groups excluding carboxylic acids is 2. The summed E-state index contributed by atoms with van der Waals surface area (Å²) in [6.07, 6.45) is 1.58. The maximum absolute atomic E-state index is 12.3. The van der Waals surface area contributed by atoms with Gasteiger partial charge in [-0.05, 0) is 44.2 Å². The van der Waals surface area contributed by atoms with E-state index < -0.39 is 0 Å². The number of hydrogen-bond donors (Lipinski definition) is 2. The van der Waals surface area contributed by atoms with Gasteiger partial charge >= 0.3 is 0 Å². The normalized spacial score (nSPS) is 10.6. The molecule has 2 aromatic heterocycles. The molecule has 0 saturated heterocycles. The number of rotatable bonds is 8. The highest BCUT2D eigenvalue weighted by molar-refractivity contribution is 7.99. The lowest BCUT2D eigenvalue weighted by atomic mass is 10.2. The second-order valence-corrected chi connectivity index (χ2v) is 6.75. The van der Waals surface area contributed by atoms with E-state index >= 15 is 0 Å². The molecule has 0 aliphatic heterocycles. The van der Waals surface area contributed by atoms with Crippen LogP contribution in [0.2, 0.25) is 0 Å². The molecule has 2 heterocycles. The van der Waals surface area contributed by atoms with Crippen LogP contribution < -0.4 is 10.6 Å². The largest absolute Gasteiger partial charge is 0.461 e. The number of amides is 2. The Hall–Kier alpha value is -3.07. The number of anilines is 1. The Morgan fingerprint density at radius 2 is 2.04 bits per heavy atom. The van der Waals surface area contributed by atoms with Crippen LogP contribution in [-0.2, 0) is 11.3 Å². The monoisotopic (exact) mass is 399 g/mol. The fourth-order valence-electron chi connectivity index (χ4n) is 2.60. The van der Waals surface area contributed by atoms with Crippen molar-refractivity contribution in [3.63, 3.8) is 0 Å². The van der Waals surface area contributed by atoms with Gasteiger partial charge in [0.25, 0.3) is 5.91 Å². The van der Waals surface area contributed by atoms with Crippen molar-refractivity contribution >= 4 is 29.3 Å². The molecule has 2 N–H and O–H groups in total. The fraction of sp³-hybridized carbons (Fsp3) is 0.263. The molecule has 146 valence electrons. The highest BCUT2D eigenvalue weighted by Crippen LogP contribution is 2.24. The molecule has 3 rings (SSSR count). The molecule has 0 atom stereocenters. The highest BCUT2D eigenvalue weighted by Gasteiger charge is 2.16. The molecule has 28 heavy (non-hydrogen) atoms. The molecule has 8 nitrogen and oxygen atoms in total. The van der Waals surface area contributed by atoms with Crippen molar-refractivity contribution in [2.45, 2.75) is 25.5 Å². The predicted octanol–water partition coefficient (Wildman–Crippen LogP) is 3.04. The summed E-state index contributed by atoms with van der Waals surface area (Å²) >= 11 is 1.29. The second kappa shape index (κ2) is 9.23. The number of furan rings is 1. The Balaban J connectivity index is 1.62. The minimum absolute atomic E-state index is 0.168. The lowest BCUT2D eigenvalue weighted by Gasteiger charge is -2.08. The molecule has 3 aromatic rings. The van der Waals surface area contributed by atoms with Gasteiger partial charge in [0, 0.05) is 24.3 Å². The van der Waals surface area contributed by atoms with E-state index in [0.29, 0.717) is 41.1 Å². The van der Waals surface area contributed by atoms with Gasteiger partial charge in [0.2, 0.25) is 5.91 Å². The average Bonchev–Trinajstić information content (AvgIpc) is 3.36. The van der Waals surface area contributed by atoms with E-state index in [-0.39, 0.29) is 17.6 Å². The van der Waals surface area contributed by atoms with Crippen molar-refractivity contribution < 1.29 is 14.0 Å². The molecule has 0 bridgehead atoms. The first-order valence-electron chi connectivity index (χ1n) is 8.90. The quantitative estimate of drug-likeness (QED) is 0.565. The summed E-state index contributed by atoms with van der Waals surface area (Å²) in [6, 6.07) is 10.4. The van der Waals surface area contributed by atoms with Gasteiger partial charge in [-0.1, -0.05) is 17.8 Å². The third-order valence-electron chi connectivity index (χ3n) is 3.85. The van der Waals surface area contributed by atoms with Crippen LogP contribution >= 0.6 is 11.8 Å². The summed E-state index contributed by atoms with van der Waals surface area (Å²) in [5.74, 6) is 1.07. The third kappa shape index (κ3) is 4.61. The molecular weight excluding hydrogens is 378 g/mol. The van der Waals surface area contributed by atoms with Crippen LogP contribution in [0, 0.1) is 0 Å². The maximum Gasteiger partial charge on any atom is 0.251 e. The molecule has 9 heteroatoms. The lowest BCUT2D eigenvalue weighted by Crippen LogP contribution is -2.23. The maximum atomic E-state index is 12.3. The van der Waals surface area contributed by atoms with E-state index in [1.807, 2.05) is 24.5 Å². The first-order chi connectivity index (χ1) is 13.6. The number of aromatic nitrogens is 3. The average molecular weight is 399 g/mol. The van der Waals surface area contributed by atoms with Crippen LogP contribution in [0.3, 0.4) is 0 Å². The molecule has 0 fully saturated rings. The SMILES string of the molecule is CCNC(=O)c1cccc(NC(=O)CSc2nnc(-c3ccco3)n2CC)c1. The van der Waals surface area contributed by atoms with E-state index in [9.17, 15) is 9.59 Å². The van der Waals surface area contributed by atoms with Crippen LogP contribution in [-0.4, -0.2) is 38.9 Å². The number of thioether (sulfide) groups is 1. The van der Waals surface area contributed by atoms with Gasteiger partial charge in [-0.25, -0.2) is 0 Å². The standard InChI is InChI=1S/C19H21N5O3S/c1-3-20-18(26)13-7-5-8-14(11-13)21-16(25)12-28-19-23-22-17(24(19)4-2)15-9-6-10-27-15/h5-11H,3-4,12H2,1-2H3,(H,20,26)(H,21,25). The Kier molecular flexibility index (Phi) is 6.49. The van der Waals surface area contributed by atoms with Gasteiger partial charge in [0.1, 0.15) is 0 Å². The van der Waals surface area contributed by atoms with Crippen LogP contribution in [0.25, 0.3) is 11.6 Å². The highest BCUT2D eigenvalue weighted by atomic mass is 32.2. The molecular formula is C19H21N5O3S. The molecule has 0 aliphatic rings. The minimum atomic E-state index is -0.191. The van der Waals surface area contributed by atoms with Crippen LogP contribution in [0.1, 0.15) is 24.2 Å². The minimum Gasteiger partial charge on any atom is -0.461 e. The topological polar surface area (TPSA) is 102 Å². The van der Waals surface area contributed by atoms with Crippen molar-refractivity contribution in [2.75, 3.05) is 17.6 Å². The van der Waals surface area contributed by atoms with Gasteiger partial charge in [-0.2, -0.15) is 0 Å². The second-order valence-electron chi connectivity index (χ2n) is 5.80. The van der Waals surface area contributed by atoms with Gasteiger partial charge in [0.05, 0.1) is 12.0 Å². The van der Waals surface area contributed by atoms with Crippen molar-refractivity contribution in [1.82, 2.24) is 20.1 Å². The zero-order valence-electron chi connectivity index (χ0n) is 15.6. The summed E-state index contributed by atoms with van der Waals surface area (Å²) in [5, 5.41) is 14.5. The van der Waals surface area contributed by atoms with Crippen molar-refractivity contribution in [1.29, 1.82) is 0 Å². The third-order valence-corrected chi connectivity index (χ3v) is 4.82. The van der Waals surface area contributed by atoms with Crippen LogP contribution in [0.5, 0.6) is 0 Å². The molecule has 0 unspecified atom stereocenters. The summed E-state index contributed by atoms with van der Waals surface area (Å²) in [4.78, 5) is 24.2. The molecule has 2 amide bonds. The summed E-state index contributed by atoms with van der Waals surface area (Å²) in [6.45, 7) is 5.03. The fourth-order valence-corrected chi connectivity index (χ4v) is 3.40. The Morgan fingerprint density at radius 3 is 2.75 bits per heavy atom. The number of benzene rings is 1. The van der Waals surface area contributed by atoms with Gasteiger partial charge < -0.3 is 15.1 Å². The first-order valence-corrected chi connectivity index (χ1v) is 9.89. The van der Waals surface area contributed by atoms with Crippen molar-refractivity contribution in [3.05, 3.63) is 48.2 Å². The lowest BCUT2D eigenvalue weighted by molar-refractivity contribution is -0.113. The van der Waals surface area contributed by atoms with Crippen molar-refractivity contribution in [3.8, 4) is 11.6 Å². The Labute approximate surface area is 166 Å². The summed E-state index contributed by atoms with van der Waals surface area (Å²) in [5.41, 5.74) is 1.07. The summed E-state index contributed by atoms with van der Waals surface area (Å²) in [7, 11) is 0. The number of nitrogens with one attached hydrogen (secondary N) is 2. The van der Waals surface area contributed by atoms with E-state index in [1.54, 1.807) is 36.6 Å². The van der Waals surface area contributed by atoms with E-state index in [1.165, 1.54) is 11.8 Å². The van der Waals surface area contributed by atoms with Gasteiger partial charge in [-0.15, -0.1) is 10.2 Å². The van der Waals surface area contributed by atoms with Crippen LogP contribution in [0.4, 0.5) is 5.69 Å². The van der Waals surface area contributed by atoms with E-state index in [4.69, 9.17) is 4.42 Å². The van der Waals surface area contributed by atoms with Gasteiger partial charge in [0.15, 0.2) is 16.7 Å². The number of hydrogen-bond acceptors (Lipinski definition) is 6. The molecule has 0 saturated carbocycles. The zero-order valence-corrected chi connectivity index (χ0v) is 16.5. The summed E-state index contributed by atoms with van der Waals surface area (Å²) < 4.78 is 7.28. The van der Waals surface area contributed by atoms with E-state index in [0.717, 1.165) is 0 Å². The molecule has 0 aliphatic carbocycles. The number of nitrogens with zero attached hydrogens (tertiary/aromatic N) is 3. The van der Waals surface area contributed by atoms with E-state index in [2.05, 4.69) is 20.8 Å². The Bertz CT molecular complexity index is 952. The number of carbonyl (C=O) groups is 2. The first kappa shape index (κ1) is 19.7. The Morgan fingerprint density at radius 1 is 1.18 bits per heavy atom. The van der Waals surface area contributed by atoms with Crippen molar-refractivity contribution in [2.24, 2.45) is 0 Å². The van der Waals surface area contributed by atoms with Crippen LogP contribution in [0.15, 0.2) is 52.2 Å². The smallest absolute Gasteiger partial charge is 0.251 e.